The summed E-state index contributed by atoms with van der Waals surface area (Å²) in [5, 5.41) is 4.09. The molecule has 0 fully saturated rings. The number of aliphatic imine (C=N–C) groups is 1. The van der Waals surface area contributed by atoms with Crippen molar-refractivity contribution in [1.82, 2.24) is 9.97 Å². The third-order valence-electron chi connectivity index (χ3n) is 4.26. The van der Waals surface area contributed by atoms with Gasteiger partial charge < -0.3 is 16.8 Å². The SMILES string of the molecule is Nc1nc(N)c2c(n1)NC(c1ccccc1)CC(c1ccc(Cl)cc1)=N2. The Morgan fingerprint density at radius 1 is 0.962 bits per heavy atom. The van der Waals surface area contributed by atoms with Crippen LogP contribution in [-0.4, -0.2) is 15.7 Å². The summed E-state index contributed by atoms with van der Waals surface area (Å²) in [5.41, 5.74) is 15.3. The second-order valence-corrected chi connectivity index (χ2v) is 6.48. The smallest absolute Gasteiger partial charge is 0.224 e. The van der Waals surface area contributed by atoms with E-state index < -0.39 is 0 Å². The molecule has 0 amide bonds. The highest BCUT2D eigenvalue weighted by Gasteiger charge is 2.24. The van der Waals surface area contributed by atoms with Crippen LogP contribution in [-0.2, 0) is 0 Å². The van der Waals surface area contributed by atoms with Crippen LogP contribution in [0.3, 0.4) is 0 Å². The predicted octanol–water partition coefficient (Wildman–Crippen LogP) is 3.97. The summed E-state index contributed by atoms with van der Waals surface area (Å²) in [7, 11) is 0. The van der Waals surface area contributed by atoms with Crippen molar-refractivity contribution in [3.63, 3.8) is 0 Å². The van der Waals surface area contributed by atoms with E-state index in [1.54, 1.807) is 0 Å². The molecule has 7 heteroatoms. The molecule has 1 atom stereocenters. The van der Waals surface area contributed by atoms with E-state index in [1.165, 1.54) is 0 Å². The van der Waals surface area contributed by atoms with E-state index in [0.29, 0.717) is 22.9 Å². The van der Waals surface area contributed by atoms with Gasteiger partial charge in [-0.15, -0.1) is 0 Å². The van der Waals surface area contributed by atoms with E-state index in [2.05, 4.69) is 27.4 Å². The molecule has 0 saturated heterocycles. The molecular weight excluding hydrogens is 348 g/mol. The zero-order chi connectivity index (χ0) is 18.1. The quantitative estimate of drug-likeness (QED) is 0.638. The van der Waals surface area contributed by atoms with Gasteiger partial charge in [-0.05, 0) is 23.3 Å². The average molecular weight is 365 g/mol. The second kappa shape index (κ2) is 6.65. The van der Waals surface area contributed by atoms with Crippen LogP contribution in [0.1, 0.15) is 23.6 Å². The standard InChI is InChI=1S/C19H17ClN6/c20-13-8-6-12(7-9-13)14-10-15(11-4-2-1-3-5-11)24-18-16(23-14)17(21)25-19(22)26-18/h1-9,15H,10H2,(H5,21,22,24,25,26). The van der Waals surface area contributed by atoms with Crippen molar-refractivity contribution in [3.05, 3.63) is 70.7 Å². The van der Waals surface area contributed by atoms with Gasteiger partial charge in [-0.2, -0.15) is 9.97 Å². The minimum atomic E-state index is -0.0272. The summed E-state index contributed by atoms with van der Waals surface area (Å²) in [6.45, 7) is 0. The first-order valence-corrected chi connectivity index (χ1v) is 8.56. The summed E-state index contributed by atoms with van der Waals surface area (Å²) < 4.78 is 0. The molecule has 0 aliphatic carbocycles. The number of halogens is 1. The van der Waals surface area contributed by atoms with Crippen molar-refractivity contribution in [2.75, 3.05) is 16.8 Å². The van der Waals surface area contributed by atoms with Gasteiger partial charge in [0.05, 0.1) is 11.8 Å². The molecule has 0 saturated carbocycles. The lowest BCUT2D eigenvalue weighted by Crippen LogP contribution is -2.15. The fraction of sp³-hybridized carbons (Fsp3) is 0.105. The van der Waals surface area contributed by atoms with Crippen LogP contribution in [0.2, 0.25) is 5.02 Å². The summed E-state index contributed by atoms with van der Waals surface area (Å²) >= 11 is 6.02. The van der Waals surface area contributed by atoms with Crippen LogP contribution >= 0.6 is 11.6 Å². The number of nitrogen functional groups attached to an aromatic ring is 2. The van der Waals surface area contributed by atoms with Gasteiger partial charge in [-0.1, -0.05) is 54.1 Å². The Kier molecular flexibility index (Phi) is 4.18. The first kappa shape index (κ1) is 16.4. The van der Waals surface area contributed by atoms with Crippen molar-refractivity contribution < 1.29 is 0 Å². The number of hydrogen-bond donors (Lipinski definition) is 3. The van der Waals surface area contributed by atoms with Crippen molar-refractivity contribution in [2.24, 2.45) is 4.99 Å². The third kappa shape index (κ3) is 3.19. The maximum Gasteiger partial charge on any atom is 0.224 e. The molecule has 0 radical (unpaired) electrons. The number of nitrogens with one attached hydrogen (secondary N) is 1. The second-order valence-electron chi connectivity index (χ2n) is 6.04. The van der Waals surface area contributed by atoms with Crippen LogP contribution in [0.4, 0.5) is 23.3 Å². The number of fused-ring (bicyclic) bond motifs is 1. The van der Waals surface area contributed by atoms with Gasteiger partial charge in [0.25, 0.3) is 0 Å². The first-order valence-electron chi connectivity index (χ1n) is 8.18. The predicted molar refractivity (Wildman–Crippen MR) is 106 cm³/mol. The van der Waals surface area contributed by atoms with Gasteiger partial charge >= 0.3 is 0 Å². The Morgan fingerprint density at radius 2 is 1.69 bits per heavy atom. The third-order valence-corrected chi connectivity index (χ3v) is 4.51. The highest BCUT2D eigenvalue weighted by molar-refractivity contribution is 6.30. The van der Waals surface area contributed by atoms with Gasteiger partial charge in [-0.25, -0.2) is 4.99 Å². The number of aromatic nitrogens is 2. The number of rotatable bonds is 2. The molecule has 2 heterocycles. The molecule has 1 aliphatic heterocycles. The molecule has 5 N–H and O–H groups in total. The van der Waals surface area contributed by atoms with E-state index in [0.717, 1.165) is 16.8 Å². The van der Waals surface area contributed by atoms with Crippen molar-refractivity contribution in [3.8, 4) is 0 Å². The Hall–Kier alpha value is -3.12. The van der Waals surface area contributed by atoms with Gasteiger partial charge in [-0.3, -0.25) is 0 Å². The zero-order valence-corrected chi connectivity index (χ0v) is 14.6. The monoisotopic (exact) mass is 364 g/mol. The largest absolute Gasteiger partial charge is 0.382 e. The molecule has 0 spiro atoms. The zero-order valence-electron chi connectivity index (χ0n) is 13.9. The first-order chi connectivity index (χ1) is 12.6. The summed E-state index contributed by atoms with van der Waals surface area (Å²) in [5.74, 6) is 0.902. The van der Waals surface area contributed by atoms with Crippen molar-refractivity contribution >= 4 is 40.6 Å². The highest BCUT2D eigenvalue weighted by atomic mass is 35.5. The number of nitrogens with two attached hydrogens (primary N) is 2. The average Bonchev–Trinajstić information content (AvgIpc) is 2.83. The number of nitrogens with zero attached hydrogens (tertiary/aromatic N) is 3. The molecule has 0 bridgehead atoms. The van der Waals surface area contributed by atoms with Gasteiger partial charge in [0.1, 0.15) is 5.69 Å². The normalized spacial score (nSPS) is 16.2. The van der Waals surface area contributed by atoms with Crippen molar-refractivity contribution in [2.45, 2.75) is 12.5 Å². The van der Waals surface area contributed by atoms with E-state index in [-0.39, 0.29) is 17.8 Å². The molecule has 1 aromatic heterocycles. The molecule has 6 nitrogen and oxygen atoms in total. The molecular formula is C19H17ClN6. The molecule has 3 aromatic rings. The molecule has 130 valence electrons. The van der Waals surface area contributed by atoms with Crippen LogP contribution in [0, 0.1) is 0 Å². The highest BCUT2D eigenvalue weighted by Crippen LogP contribution is 2.37. The maximum atomic E-state index is 6.06. The van der Waals surface area contributed by atoms with Crippen LogP contribution in [0.5, 0.6) is 0 Å². The fourth-order valence-electron chi connectivity index (χ4n) is 3.00. The lowest BCUT2D eigenvalue weighted by Gasteiger charge is -2.19. The van der Waals surface area contributed by atoms with Crippen LogP contribution in [0.15, 0.2) is 59.6 Å². The Bertz CT molecular complexity index is 969. The Balaban J connectivity index is 1.86. The molecule has 1 unspecified atom stereocenters. The molecule has 26 heavy (non-hydrogen) atoms. The van der Waals surface area contributed by atoms with Crippen LogP contribution < -0.4 is 16.8 Å². The summed E-state index contributed by atoms with van der Waals surface area (Å²) in [4.78, 5) is 13.1. The Labute approximate surface area is 156 Å². The van der Waals surface area contributed by atoms with Gasteiger partial charge in [0, 0.05) is 11.4 Å². The number of anilines is 3. The molecule has 4 rings (SSSR count). The molecule has 2 aromatic carbocycles. The minimum Gasteiger partial charge on any atom is -0.382 e. The fourth-order valence-corrected chi connectivity index (χ4v) is 3.13. The maximum absolute atomic E-state index is 6.06. The van der Waals surface area contributed by atoms with Gasteiger partial charge in [0.15, 0.2) is 11.6 Å². The van der Waals surface area contributed by atoms with E-state index >= 15 is 0 Å². The van der Waals surface area contributed by atoms with E-state index in [1.807, 2.05) is 42.5 Å². The topological polar surface area (TPSA) is 102 Å². The van der Waals surface area contributed by atoms with Gasteiger partial charge in [0.2, 0.25) is 5.95 Å². The minimum absolute atomic E-state index is 0.0272. The van der Waals surface area contributed by atoms with Crippen LogP contribution in [0.25, 0.3) is 0 Å². The van der Waals surface area contributed by atoms with E-state index in [4.69, 9.17) is 28.1 Å². The summed E-state index contributed by atoms with van der Waals surface area (Å²) in [6, 6.07) is 17.7. The summed E-state index contributed by atoms with van der Waals surface area (Å²) in [6.07, 6.45) is 0.654. The van der Waals surface area contributed by atoms with E-state index in [9.17, 15) is 0 Å². The number of hydrogen-bond acceptors (Lipinski definition) is 6. The lowest BCUT2D eigenvalue weighted by molar-refractivity contribution is 0.822. The molecule has 1 aliphatic rings. The Morgan fingerprint density at radius 3 is 2.42 bits per heavy atom. The number of benzene rings is 2. The lowest BCUT2D eigenvalue weighted by atomic mass is 9.97. The van der Waals surface area contributed by atoms with Crippen molar-refractivity contribution in [1.29, 1.82) is 0 Å².